The summed E-state index contributed by atoms with van der Waals surface area (Å²) in [5.74, 6) is -1.17. The van der Waals surface area contributed by atoms with E-state index < -0.39 is 11.6 Å². The van der Waals surface area contributed by atoms with E-state index in [0.29, 0.717) is 30.6 Å². The smallest absolute Gasteiger partial charge is 0.268 e. The van der Waals surface area contributed by atoms with Crippen molar-refractivity contribution in [3.05, 3.63) is 78.0 Å². The molecule has 0 N–H and O–H groups in total. The third-order valence-electron chi connectivity index (χ3n) is 4.63. The summed E-state index contributed by atoms with van der Waals surface area (Å²) in [5.41, 5.74) is 2.19. The third-order valence-corrected chi connectivity index (χ3v) is 4.63. The zero-order valence-electron chi connectivity index (χ0n) is 16.8. The molecular weight excluding hydrogens is 400 g/mol. The van der Waals surface area contributed by atoms with E-state index in [1.807, 2.05) is 16.8 Å². The van der Waals surface area contributed by atoms with Crippen LogP contribution >= 0.6 is 0 Å². The molecule has 1 aliphatic rings. The van der Waals surface area contributed by atoms with Crippen LogP contribution in [0.25, 0.3) is 10.9 Å². The molecule has 1 amide bonds. The maximum atomic E-state index is 12.1. The van der Waals surface area contributed by atoms with Gasteiger partial charge >= 0.3 is 0 Å². The highest BCUT2D eigenvalue weighted by molar-refractivity contribution is 5.93. The van der Waals surface area contributed by atoms with Gasteiger partial charge in [0.05, 0.1) is 23.3 Å². The number of amides is 1. The van der Waals surface area contributed by atoms with Crippen molar-refractivity contribution in [1.82, 2.24) is 14.8 Å². The Labute approximate surface area is 178 Å². The van der Waals surface area contributed by atoms with Crippen molar-refractivity contribution < 1.29 is 13.6 Å². The topological polar surface area (TPSA) is 74.3 Å². The average molecular weight is 421 g/mol. The summed E-state index contributed by atoms with van der Waals surface area (Å²) < 4.78 is 25.7. The molecule has 0 spiro atoms. The van der Waals surface area contributed by atoms with Crippen molar-refractivity contribution in [3.8, 4) is 6.07 Å². The van der Waals surface area contributed by atoms with E-state index in [1.165, 1.54) is 23.2 Å². The lowest BCUT2D eigenvalue weighted by Crippen LogP contribution is -2.24. The lowest BCUT2D eigenvalue weighted by atomic mass is 10.1. The lowest BCUT2D eigenvalue weighted by Gasteiger charge is -2.13. The standard InChI is InChI=1S/C17H17N5O.C6H4F2/c1-13(17(23)22-9-3-7-19-22)4-2-8-21-16-6-5-14(11-18)10-15(16)12-20-21;7-5-2-1-3-6(8)4-5/h5-7,10,12H,1-4,8-9H2;1-4H. The van der Waals surface area contributed by atoms with Crippen LogP contribution in [-0.2, 0) is 11.3 Å². The number of hydrogen-bond donors (Lipinski definition) is 0. The lowest BCUT2D eigenvalue weighted by molar-refractivity contribution is -0.126. The van der Waals surface area contributed by atoms with E-state index in [4.69, 9.17) is 5.26 Å². The number of nitriles is 1. The number of halogens is 2. The van der Waals surface area contributed by atoms with Crippen LogP contribution < -0.4 is 0 Å². The van der Waals surface area contributed by atoms with Gasteiger partial charge in [0.25, 0.3) is 5.91 Å². The minimum Gasteiger partial charge on any atom is -0.268 e. The van der Waals surface area contributed by atoms with E-state index in [1.54, 1.807) is 18.5 Å². The van der Waals surface area contributed by atoms with Gasteiger partial charge in [-0.2, -0.15) is 15.5 Å². The SMILES string of the molecule is C=C(CCCn1ncc2cc(C#N)ccc21)C(=O)N1CCC=N1.Fc1cccc(F)c1. The number of nitrogens with zero attached hydrogens (tertiary/aromatic N) is 5. The number of carbonyl (C=O) groups is 1. The molecule has 3 aromatic rings. The fourth-order valence-electron chi connectivity index (χ4n) is 3.07. The molecule has 158 valence electrons. The molecule has 0 atom stereocenters. The predicted octanol–water partition coefficient (Wildman–Crippen LogP) is 4.43. The Kier molecular flexibility index (Phi) is 7.22. The molecule has 0 aliphatic carbocycles. The van der Waals surface area contributed by atoms with Gasteiger partial charge in [-0.1, -0.05) is 12.6 Å². The fourth-order valence-corrected chi connectivity index (χ4v) is 3.07. The van der Waals surface area contributed by atoms with Gasteiger partial charge in [-0.25, -0.2) is 13.8 Å². The van der Waals surface area contributed by atoms with Crippen molar-refractivity contribution in [2.45, 2.75) is 25.8 Å². The second-order valence-corrected chi connectivity index (χ2v) is 6.92. The molecule has 0 saturated heterocycles. The Balaban J connectivity index is 0.000000287. The summed E-state index contributed by atoms with van der Waals surface area (Å²) in [5, 5.41) is 19.7. The molecule has 2 aromatic carbocycles. The number of carbonyl (C=O) groups excluding carboxylic acids is 1. The van der Waals surface area contributed by atoms with Crippen molar-refractivity contribution in [3.63, 3.8) is 0 Å². The molecule has 6 nitrogen and oxygen atoms in total. The number of fused-ring (bicyclic) bond motifs is 1. The molecule has 0 fully saturated rings. The normalized spacial score (nSPS) is 12.4. The fraction of sp³-hybridized carbons (Fsp3) is 0.217. The van der Waals surface area contributed by atoms with E-state index in [9.17, 15) is 13.6 Å². The Hall–Kier alpha value is -3.86. The first-order valence-corrected chi connectivity index (χ1v) is 9.77. The Morgan fingerprint density at radius 3 is 2.58 bits per heavy atom. The zero-order valence-corrected chi connectivity index (χ0v) is 16.8. The van der Waals surface area contributed by atoms with E-state index in [0.717, 1.165) is 29.8 Å². The summed E-state index contributed by atoms with van der Waals surface area (Å²) in [6.07, 6.45) is 5.70. The minimum atomic E-state index is -0.537. The summed E-state index contributed by atoms with van der Waals surface area (Å²) >= 11 is 0. The number of hydrogen-bond acceptors (Lipinski definition) is 4. The Morgan fingerprint density at radius 2 is 1.97 bits per heavy atom. The summed E-state index contributed by atoms with van der Waals surface area (Å²) in [7, 11) is 0. The van der Waals surface area contributed by atoms with Crippen LogP contribution in [0.15, 0.2) is 65.9 Å². The van der Waals surface area contributed by atoms with Gasteiger partial charge in [0.1, 0.15) is 11.6 Å². The van der Waals surface area contributed by atoms with Gasteiger partial charge in [-0.15, -0.1) is 0 Å². The summed E-state index contributed by atoms with van der Waals surface area (Å²) in [6.45, 7) is 5.21. The third kappa shape index (κ3) is 5.82. The van der Waals surface area contributed by atoms with Crippen molar-refractivity contribution >= 4 is 23.0 Å². The van der Waals surface area contributed by atoms with Crippen LogP contribution in [0.2, 0.25) is 0 Å². The van der Waals surface area contributed by atoms with Gasteiger partial charge in [0.2, 0.25) is 0 Å². The van der Waals surface area contributed by atoms with Crippen LogP contribution in [0.3, 0.4) is 0 Å². The van der Waals surface area contributed by atoms with Crippen LogP contribution in [0.1, 0.15) is 24.8 Å². The Morgan fingerprint density at radius 1 is 1.19 bits per heavy atom. The largest absolute Gasteiger partial charge is 0.269 e. The van der Waals surface area contributed by atoms with E-state index in [-0.39, 0.29) is 5.91 Å². The molecule has 0 unspecified atom stereocenters. The maximum Gasteiger partial charge on any atom is 0.269 e. The first-order chi connectivity index (χ1) is 15.0. The summed E-state index contributed by atoms with van der Waals surface area (Å²) in [4.78, 5) is 12.1. The van der Waals surface area contributed by atoms with E-state index in [2.05, 4.69) is 22.8 Å². The van der Waals surface area contributed by atoms with Gasteiger partial charge in [0, 0.05) is 42.8 Å². The molecule has 8 heteroatoms. The van der Waals surface area contributed by atoms with Crippen LogP contribution in [0.5, 0.6) is 0 Å². The zero-order chi connectivity index (χ0) is 22.2. The van der Waals surface area contributed by atoms with Crippen molar-refractivity contribution in [1.29, 1.82) is 5.26 Å². The molecule has 0 bridgehead atoms. The molecular formula is C23H21F2N5O. The maximum absolute atomic E-state index is 12.1. The van der Waals surface area contributed by atoms with Crippen LogP contribution in [-0.4, -0.2) is 33.5 Å². The Bertz CT molecular complexity index is 1140. The van der Waals surface area contributed by atoms with Crippen LogP contribution in [0, 0.1) is 23.0 Å². The molecule has 1 aromatic heterocycles. The number of benzene rings is 2. The molecule has 0 saturated carbocycles. The summed E-state index contributed by atoms with van der Waals surface area (Å²) in [6, 6.07) is 12.2. The number of aryl methyl sites for hydroxylation is 1. The first-order valence-electron chi connectivity index (χ1n) is 9.77. The van der Waals surface area contributed by atoms with Crippen molar-refractivity contribution in [2.24, 2.45) is 5.10 Å². The second kappa shape index (κ2) is 10.3. The first kappa shape index (κ1) is 21.8. The monoisotopic (exact) mass is 421 g/mol. The van der Waals surface area contributed by atoms with Gasteiger partial charge in [0.15, 0.2) is 0 Å². The molecule has 31 heavy (non-hydrogen) atoms. The molecule has 2 heterocycles. The highest BCUT2D eigenvalue weighted by Gasteiger charge is 2.17. The quantitative estimate of drug-likeness (QED) is 0.572. The number of hydrazone groups is 1. The number of aromatic nitrogens is 2. The van der Waals surface area contributed by atoms with Gasteiger partial charge in [-0.05, 0) is 43.2 Å². The highest BCUT2D eigenvalue weighted by Crippen LogP contribution is 2.17. The van der Waals surface area contributed by atoms with Crippen molar-refractivity contribution in [2.75, 3.05) is 6.54 Å². The molecule has 0 radical (unpaired) electrons. The predicted molar refractivity (Wildman–Crippen MR) is 114 cm³/mol. The average Bonchev–Trinajstić information content (AvgIpc) is 3.43. The molecule has 1 aliphatic heterocycles. The van der Waals surface area contributed by atoms with Gasteiger partial charge < -0.3 is 0 Å². The molecule has 4 rings (SSSR count). The van der Waals surface area contributed by atoms with Gasteiger partial charge in [-0.3, -0.25) is 9.48 Å². The second-order valence-electron chi connectivity index (χ2n) is 6.92. The number of rotatable bonds is 5. The van der Waals surface area contributed by atoms with E-state index >= 15 is 0 Å². The van der Waals surface area contributed by atoms with Crippen LogP contribution in [0.4, 0.5) is 8.78 Å². The minimum absolute atomic E-state index is 0.0947. The highest BCUT2D eigenvalue weighted by atomic mass is 19.1.